The number of carbonyl (C=O) groups is 2. The molecule has 144 valence electrons. The van der Waals surface area contributed by atoms with Gasteiger partial charge in [-0.1, -0.05) is 12.1 Å². The molecule has 0 aliphatic heterocycles. The predicted octanol–water partition coefficient (Wildman–Crippen LogP) is 2.91. The Morgan fingerprint density at radius 1 is 0.889 bits per heavy atom. The molecule has 0 amide bonds. The maximum atomic E-state index is 12.9. The van der Waals surface area contributed by atoms with Gasteiger partial charge in [-0.05, 0) is 37.3 Å². The van der Waals surface area contributed by atoms with E-state index in [-0.39, 0.29) is 11.3 Å². The van der Waals surface area contributed by atoms with Gasteiger partial charge in [-0.2, -0.15) is 0 Å². The van der Waals surface area contributed by atoms with Crippen LogP contribution in [0.1, 0.15) is 17.3 Å². The predicted molar refractivity (Wildman–Crippen MR) is 97.9 cm³/mol. The fourth-order valence-electron chi connectivity index (χ4n) is 2.41. The Kier molecular flexibility index (Phi) is 7.05. The van der Waals surface area contributed by atoms with E-state index in [1.807, 2.05) is 6.92 Å². The lowest BCUT2D eigenvalue weighted by Crippen LogP contribution is -2.37. The second-order valence-electron chi connectivity index (χ2n) is 5.33. The topological polar surface area (TPSA) is 80.3 Å². The molecule has 0 aromatic heterocycles. The lowest BCUT2D eigenvalue weighted by atomic mass is 10.1. The van der Waals surface area contributed by atoms with Crippen LogP contribution in [0.4, 0.5) is 0 Å². The van der Waals surface area contributed by atoms with Crippen molar-refractivity contribution in [2.75, 3.05) is 27.9 Å². The summed E-state index contributed by atoms with van der Waals surface area (Å²) in [5, 5.41) is 0. The third-order valence-electron chi connectivity index (χ3n) is 3.72. The summed E-state index contributed by atoms with van der Waals surface area (Å²) in [4.78, 5) is 25.1. The molecule has 1 atom stereocenters. The smallest absolute Gasteiger partial charge is 0.355 e. The highest BCUT2D eigenvalue weighted by atomic mass is 16.6. The number of carbonyl (C=O) groups excluding carboxylic acids is 2. The third-order valence-corrected chi connectivity index (χ3v) is 3.72. The highest BCUT2D eigenvalue weighted by molar-refractivity contribution is 6.11. The number of benzene rings is 2. The molecule has 2 rings (SSSR count). The van der Waals surface area contributed by atoms with Crippen molar-refractivity contribution in [1.82, 2.24) is 0 Å². The highest BCUT2D eigenvalue weighted by Crippen LogP contribution is 2.30. The Balaban J connectivity index is 2.36. The van der Waals surface area contributed by atoms with E-state index in [1.54, 1.807) is 30.3 Å². The molecule has 7 heteroatoms. The van der Waals surface area contributed by atoms with Crippen LogP contribution < -0.4 is 18.9 Å². The number of esters is 1. The second-order valence-corrected chi connectivity index (χ2v) is 5.33. The van der Waals surface area contributed by atoms with Crippen molar-refractivity contribution < 1.29 is 33.3 Å². The summed E-state index contributed by atoms with van der Waals surface area (Å²) in [7, 11) is 4.12. The fraction of sp³-hybridized carbons (Fsp3) is 0.300. The lowest BCUT2D eigenvalue weighted by Gasteiger charge is -2.18. The van der Waals surface area contributed by atoms with E-state index in [0.29, 0.717) is 23.9 Å². The van der Waals surface area contributed by atoms with Crippen LogP contribution in [-0.4, -0.2) is 45.8 Å². The molecule has 0 unspecified atom stereocenters. The molecule has 0 aliphatic carbocycles. The zero-order valence-corrected chi connectivity index (χ0v) is 15.7. The Hall–Kier alpha value is -3.22. The number of para-hydroxylation sites is 2. The van der Waals surface area contributed by atoms with Gasteiger partial charge in [-0.15, -0.1) is 0 Å². The van der Waals surface area contributed by atoms with E-state index >= 15 is 0 Å². The van der Waals surface area contributed by atoms with Gasteiger partial charge in [-0.25, -0.2) is 4.79 Å². The van der Waals surface area contributed by atoms with E-state index < -0.39 is 17.9 Å². The SMILES string of the molecule is CCOc1ccc(C(=O)[C@@H](Oc2ccccc2OC)C(=O)OC)cc1OC. The van der Waals surface area contributed by atoms with Crippen molar-refractivity contribution in [1.29, 1.82) is 0 Å². The van der Waals surface area contributed by atoms with Crippen molar-refractivity contribution in [3.63, 3.8) is 0 Å². The van der Waals surface area contributed by atoms with Crippen LogP contribution in [0.3, 0.4) is 0 Å². The molecule has 0 saturated carbocycles. The molecular formula is C20H22O7. The van der Waals surface area contributed by atoms with Gasteiger partial charge in [0.15, 0.2) is 23.0 Å². The zero-order valence-electron chi connectivity index (χ0n) is 15.7. The Morgan fingerprint density at radius 2 is 1.56 bits per heavy atom. The van der Waals surface area contributed by atoms with Crippen molar-refractivity contribution >= 4 is 11.8 Å². The lowest BCUT2D eigenvalue weighted by molar-refractivity contribution is -0.146. The van der Waals surface area contributed by atoms with Gasteiger partial charge in [-0.3, -0.25) is 4.79 Å². The van der Waals surface area contributed by atoms with E-state index in [1.165, 1.54) is 33.5 Å². The van der Waals surface area contributed by atoms with Gasteiger partial charge in [0.2, 0.25) is 5.78 Å². The van der Waals surface area contributed by atoms with Crippen molar-refractivity contribution in [3.8, 4) is 23.0 Å². The summed E-state index contributed by atoms with van der Waals surface area (Å²) in [5.41, 5.74) is 0.223. The first-order valence-corrected chi connectivity index (χ1v) is 8.28. The van der Waals surface area contributed by atoms with E-state index in [4.69, 9.17) is 23.7 Å². The van der Waals surface area contributed by atoms with Gasteiger partial charge in [0.25, 0.3) is 6.10 Å². The Morgan fingerprint density at radius 3 is 2.15 bits per heavy atom. The van der Waals surface area contributed by atoms with Crippen molar-refractivity contribution in [3.05, 3.63) is 48.0 Å². The summed E-state index contributed by atoms with van der Waals surface area (Å²) >= 11 is 0. The molecule has 0 spiro atoms. The van der Waals surface area contributed by atoms with Crippen LogP contribution >= 0.6 is 0 Å². The average Bonchev–Trinajstić information content (AvgIpc) is 2.71. The van der Waals surface area contributed by atoms with Crippen LogP contribution in [-0.2, 0) is 9.53 Å². The molecule has 0 N–H and O–H groups in total. The van der Waals surface area contributed by atoms with Crippen molar-refractivity contribution in [2.45, 2.75) is 13.0 Å². The zero-order chi connectivity index (χ0) is 19.8. The number of ketones is 1. The Bertz CT molecular complexity index is 801. The average molecular weight is 374 g/mol. The molecule has 0 bridgehead atoms. The molecule has 27 heavy (non-hydrogen) atoms. The quantitative estimate of drug-likeness (QED) is 0.379. The first-order chi connectivity index (χ1) is 13.0. The minimum absolute atomic E-state index is 0.223. The van der Waals surface area contributed by atoms with Gasteiger partial charge in [0.05, 0.1) is 27.9 Å². The van der Waals surface area contributed by atoms with Crippen LogP contribution in [0.5, 0.6) is 23.0 Å². The van der Waals surface area contributed by atoms with Crippen LogP contribution in [0.25, 0.3) is 0 Å². The van der Waals surface area contributed by atoms with Gasteiger partial charge in [0, 0.05) is 5.56 Å². The van der Waals surface area contributed by atoms with E-state index in [2.05, 4.69) is 0 Å². The number of ether oxygens (including phenoxy) is 5. The molecule has 7 nitrogen and oxygen atoms in total. The van der Waals surface area contributed by atoms with Crippen LogP contribution in [0, 0.1) is 0 Å². The van der Waals surface area contributed by atoms with E-state index in [0.717, 1.165) is 0 Å². The number of rotatable bonds is 9. The summed E-state index contributed by atoms with van der Waals surface area (Å²) in [6.07, 6.45) is -1.49. The number of Topliss-reactive ketones (excluding diaryl/α,β-unsaturated/α-hetero) is 1. The van der Waals surface area contributed by atoms with Crippen molar-refractivity contribution in [2.24, 2.45) is 0 Å². The molecule has 0 fully saturated rings. The number of hydrogen-bond acceptors (Lipinski definition) is 7. The summed E-state index contributed by atoms with van der Waals surface area (Å²) < 4.78 is 26.3. The molecule has 0 heterocycles. The summed E-state index contributed by atoms with van der Waals surface area (Å²) in [6, 6.07) is 11.3. The second kappa shape index (κ2) is 9.47. The summed E-state index contributed by atoms with van der Waals surface area (Å²) in [6.45, 7) is 2.29. The van der Waals surface area contributed by atoms with Gasteiger partial charge < -0.3 is 23.7 Å². The highest BCUT2D eigenvalue weighted by Gasteiger charge is 2.32. The van der Waals surface area contributed by atoms with Gasteiger partial charge in [0.1, 0.15) is 0 Å². The minimum atomic E-state index is -1.49. The Labute approximate surface area is 157 Å². The molecule has 2 aromatic carbocycles. The van der Waals surface area contributed by atoms with Crippen LogP contribution in [0.2, 0.25) is 0 Å². The first-order valence-electron chi connectivity index (χ1n) is 8.28. The third kappa shape index (κ3) is 4.69. The maximum absolute atomic E-state index is 12.9. The molecular weight excluding hydrogens is 352 g/mol. The number of methoxy groups -OCH3 is 3. The fourth-order valence-corrected chi connectivity index (χ4v) is 2.41. The minimum Gasteiger partial charge on any atom is -0.493 e. The first kappa shape index (κ1) is 20.1. The standard InChI is InChI=1S/C20H22O7/c1-5-26-15-11-10-13(12-17(15)24-3)18(21)19(20(22)25-4)27-16-9-7-6-8-14(16)23-2/h6-12,19H,5H2,1-4H3/t19-/m1/s1. The molecule has 2 aromatic rings. The van der Waals surface area contributed by atoms with Gasteiger partial charge >= 0.3 is 5.97 Å². The largest absolute Gasteiger partial charge is 0.493 e. The normalized spacial score (nSPS) is 11.3. The molecule has 0 saturated heterocycles. The van der Waals surface area contributed by atoms with Crippen LogP contribution in [0.15, 0.2) is 42.5 Å². The maximum Gasteiger partial charge on any atom is 0.355 e. The molecule has 0 aliphatic rings. The monoisotopic (exact) mass is 374 g/mol. The number of hydrogen-bond donors (Lipinski definition) is 0. The van der Waals surface area contributed by atoms with E-state index in [9.17, 15) is 9.59 Å². The molecule has 0 radical (unpaired) electrons. The summed E-state index contributed by atoms with van der Waals surface area (Å²) in [5.74, 6) is 0.124.